The number of halogens is 2. The zero-order valence-electron chi connectivity index (χ0n) is 10.6. The number of hydrogen-bond acceptors (Lipinski definition) is 3. The van der Waals surface area contributed by atoms with Gasteiger partial charge in [-0.1, -0.05) is 36.2 Å². The molecule has 2 rings (SSSR count). The first-order valence-electron chi connectivity index (χ1n) is 6.11. The molecule has 1 aromatic carbocycles. The minimum Gasteiger partial charge on any atom is -0.370 e. The lowest BCUT2D eigenvalue weighted by Gasteiger charge is -2.09. The summed E-state index contributed by atoms with van der Waals surface area (Å²) in [5.74, 6) is 1.60. The van der Waals surface area contributed by atoms with E-state index in [1.807, 2.05) is 18.2 Å². The van der Waals surface area contributed by atoms with E-state index in [1.54, 1.807) is 18.2 Å². The Bertz CT molecular complexity index is 538. The minimum atomic E-state index is 0.593. The lowest BCUT2D eigenvalue weighted by atomic mass is 10.3. The van der Waals surface area contributed by atoms with Crippen molar-refractivity contribution in [1.29, 1.82) is 0 Å². The van der Waals surface area contributed by atoms with Crippen LogP contribution in [0, 0.1) is 0 Å². The molecular formula is C14H15Cl2N3. The van der Waals surface area contributed by atoms with Gasteiger partial charge in [0.2, 0.25) is 0 Å². The van der Waals surface area contributed by atoms with Crippen LogP contribution in [-0.4, -0.2) is 11.5 Å². The van der Waals surface area contributed by atoms with Crippen molar-refractivity contribution >= 4 is 40.5 Å². The fourth-order valence-electron chi connectivity index (χ4n) is 1.63. The first kappa shape index (κ1) is 14.0. The van der Waals surface area contributed by atoms with Crippen LogP contribution in [0.15, 0.2) is 36.4 Å². The van der Waals surface area contributed by atoms with Crippen molar-refractivity contribution in [2.24, 2.45) is 0 Å². The number of aromatic nitrogens is 1. The summed E-state index contributed by atoms with van der Waals surface area (Å²) in [6.07, 6.45) is 1.06. The van der Waals surface area contributed by atoms with Gasteiger partial charge in [0.15, 0.2) is 0 Å². The highest BCUT2D eigenvalue weighted by Gasteiger charge is 2.01. The maximum absolute atomic E-state index is 5.96. The van der Waals surface area contributed by atoms with E-state index in [0.29, 0.717) is 10.0 Å². The van der Waals surface area contributed by atoms with Gasteiger partial charge >= 0.3 is 0 Å². The zero-order chi connectivity index (χ0) is 13.7. The molecule has 1 aromatic heterocycles. The van der Waals surface area contributed by atoms with E-state index in [9.17, 15) is 0 Å². The molecule has 0 radical (unpaired) electrons. The van der Waals surface area contributed by atoms with Crippen molar-refractivity contribution in [3.63, 3.8) is 0 Å². The van der Waals surface area contributed by atoms with Crippen LogP contribution in [0.25, 0.3) is 0 Å². The molecule has 0 unspecified atom stereocenters. The van der Waals surface area contributed by atoms with Gasteiger partial charge in [-0.05, 0) is 36.8 Å². The monoisotopic (exact) mass is 295 g/mol. The van der Waals surface area contributed by atoms with Gasteiger partial charge in [-0.25, -0.2) is 4.98 Å². The smallest absolute Gasteiger partial charge is 0.132 e. The summed E-state index contributed by atoms with van der Waals surface area (Å²) in [6, 6.07) is 11.1. The average molecular weight is 296 g/mol. The van der Waals surface area contributed by atoms with Crippen molar-refractivity contribution in [2.75, 3.05) is 17.2 Å². The Kier molecular flexibility index (Phi) is 4.88. The summed E-state index contributed by atoms with van der Waals surface area (Å²) in [6.45, 7) is 3.02. The molecule has 0 bridgehead atoms. The summed E-state index contributed by atoms with van der Waals surface area (Å²) in [7, 11) is 0. The molecule has 5 heteroatoms. The number of anilines is 3. The van der Waals surface area contributed by atoms with Gasteiger partial charge in [-0.3, -0.25) is 0 Å². The van der Waals surface area contributed by atoms with Crippen LogP contribution < -0.4 is 10.6 Å². The maximum Gasteiger partial charge on any atom is 0.132 e. The Labute approximate surface area is 123 Å². The average Bonchev–Trinajstić information content (AvgIpc) is 2.35. The number of nitrogens with one attached hydrogen (secondary N) is 2. The molecule has 0 saturated heterocycles. The third kappa shape index (κ3) is 4.30. The molecule has 0 aliphatic heterocycles. The van der Waals surface area contributed by atoms with Crippen molar-refractivity contribution < 1.29 is 0 Å². The quantitative estimate of drug-likeness (QED) is 0.819. The third-order valence-corrected chi connectivity index (χ3v) is 2.88. The highest BCUT2D eigenvalue weighted by molar-refractivity contribution is 6.35. The van der Waals surface area contributed by atoms with Gasteiger partial charge in [-0.15, -0.1) is 0 Å². The highest BCUT2D eigenvalue weighted by Crippen LogP contribution is 2.25. The normalized spacial score (nSPS) is 10.3. The Morgan fingerprint density at radius 3 is 2.42 bits per heavy atom. The second-order valence-corrected chi connectivity index (χ2v) is 4.99. The fraction of sp³-hybridized carbons (Fsp3) is 0.214. The first-order chi connectivity index (χ1) is 9.17. The van der Waals surface area contributed by atoms with E-state index < -0.39 is 0 Å². The Morgan fingerprint density at radius 2 is 1.74 bits per heavy atom. The van der Waals surface area contributed by atoms with E-state index in [1.165, 1.54) is 0 Å². The van der Waals surface area contributed by atoms with Crippen LogP contribution in [0.1, 0.15) is 13.3 Å². The van der Waals surface area contributed by atoms with Crippen LogP contribution in [0.4, 0.5) is 17.3 Å². The molecule has 0 aliphatic carbocycles. The Hall–Kier alpha value is -1.45. The molecular weight excluding hydrogens is 281 g/mol. The van der Waals surface area contributed by atoms with E-state index in [4.69, 9.17) is 23.2 Å². The lowest BCUT2D eigenvalue weighted by Crippen LogP contribution is -2.03. The largest absolute Gasteiger partial charge is 0.370 e. The summed E-state index contributed by atoms with van der Waals surface area (Å²) >= 11 is 11.9. The third-order valence-electron chi connectivity index (χ3n) is 2.44. The van der Waals surface area contributed by atoms with Crippen molar-refractivity contribution in [3.05, 3.63) is 46.4 Å². The number of nitrogens with zero attached hydrogens (tertiary/aromatic N) is 1. The number of pyridine rings is 1. The van der Waals surface area contributed by atoms with E-state index in [0.717, 1.165) is 30.3 Å². The topological polar surface area (TPSA) is 37.0 Å². The lowest BCUT2D eigenvalue weighted by molar-refractivity contribution is 0.970. The summed E-state index contributed by atoms with van der Waals surface area (Å²) in [4.78, 5) is 4.46. The van der Waals surface area contributed by atoms with Crippen LogP contribution >= 0.6 is 23.2 Å². The fourth-order valence-corrected chi connectivity index (χ4v) is 2.16. The molecule has 0 atom stereocenters. The van der Waals surface area contributed by atoms with Gasteiger partial charge in [-0.2, -0.15) is 0 Å². The SMILES string of the molecule is CCCNc1cccc(Nc2cc(Cl)cc(Cl)c2)n1. The molecule has 0 amide bonds. The van der Waals surface area contributed by atoms with Crippen LogP contribution in [0.5, 0.6) is 0 Å². The van der Waals surface area contributed by atoms with Gasteiger partial charge in [0.1, 0.15) is 11.6 Å². The van der Waals surface area contributed by atoms with E-state index >= 15 is 0 Å². The predicted molar refractivity (Wildman–Crippen MR) is 82.8 cm³/mol. The summed E-state index contributed by atoms with van der Waals surface area (Å²) in [5.41, 5.74) is 0.817. The van der Waals surface area contributed by atoms with Gasteiger partial charge in [0.25, 0.3) is 0 Å². The van der Waals surface area contributed by atoms with E-state index in [2.05, 4.69) is 22.5 Å². The van der Waals surface area contributed by atoms with Crippen LogP contribution in [0.3, 0.4) is 0 Å². The van der Waals surface area contributed by atoms with Crippen LogP contribution in [0.2, 0.25) is 10.0 Å². The molecule has 2 aromatic rings. The van der Waals surface area contributed by atoms with E-state index in [-0.39, 0.29) is 0 Å². The molecule has 2 N–H and O–H groups in total. The zero-order valence-corrected chi connectivity index (χ0v) is 12.1. The number of benzene rings is 1. The second-order valence-electron chi connectivity index (χ2n) is 4.12. The molecule has 0 saturated carbocycles. The molecule has 0 aliphatic rings. The summed E-state index contributed by atoms with van der Waals surface area (Å²) in [5, 5.41) is 7.61. The molecule has 0 spiro atoms. The highest BCUT2D eigenvalue weighted by atomic mass is 35.5. The molecule has 0 fully saturated rings. The molecule has 1 heterocycles. The summed E-state index contributed by atoms with van der Waals surface area (Å²) < 4.78 is 0. The predicted octanol–water partition coefficient (Wildman–Crippen LogP) is 4.95. The molecule has 100 valence electrons. The standard InChI is InChI=1S/C14H15Cl2N3/c1-2-6-17-13-4-3-5-14(19-13)18-12-8-10(15)7-11(16)9-12/h3-5,7-9H,2,6H2,1H3,(H2,17,18,19). The second kappa shape index (κ2) is 6.64. The number of hydrogen-bond donors (Lipinski definition) is 2. The van der Waals surface area contributed by atoms with Gasteiger partial charge in [0, 0.05) is 22.3 Å². The maximum atomic E-state index is 5.96. The molecule has 19 heavy (non-hydrogen) atoms. The Morgan fingerprint density at radius 1 is 1.05 bits per heavy atom. The first-order valence-corrected chi connectivity index (χ1v) is 6.87. The van der Waals surface area contributed by atoms with Crippen molar-refractivity contribution in [3.8, 4) is 0 Å². The number of rotatable bonds is 5. The van der Waals surface area contributed by atoms with Gasteiger partial charge in [0.05, 0.1) is 0 Å². The molecule has 3 nitrogen and oxygen atoms in total. The van der Waals surface area contributed by atoms with Crippen molar-refractivity contribution in [2.45, 2.75) is 13.3 Å². The van der Waals surface area contributed by atoms with Gasteiger partial charge < -0.3 is 10.6 Å². The Balaban J connectivity index is 2.13. The van der Waals surface area contributed by atoms with Crippen LogP contribution in [-0.2, 0) is 0 Å². The minimum absolute atomic E-state index is 0.593. The van der Waals surface area contributed by atoms with Crippen molar-refractivity contribution in [1.82, 2.24) is 4.98 Å².